The van der Waals surface area contributed by atoms with E-state index in [0.29, 0.717) is 24.5 Å². The Kier molecular flexibility index (Phi) is 5.23. The van der Waals surface area contributed by atoms with Crippen molar-refractivity contribution in [3.63, 3.8) is 0 Å². The molecule has 3 aromatic carbocycles. The van der Waals surface area contributed by atoms with Crippen molar-refractivity contribution in [1.29, 1.82) is 0 Å². The van der Waals surface area contributed by atoms with E-state index in [9.17, 15) is 8.42 Å². The molecule has 0 saturated heterocycles. The number of benzene rings is 3. The summed E-state index contributed by atoms with van der Waals surface area (Å²) < 4.78 is 46.2. The van der Waals surface area contributed by atoms with Crippen molar-refractivity contribution in [3.8, 4) is 17.2 Å². The van der Waals surface area contributed by atoms with Crippen molar-refractivity contribution in [2.24, 2.45) is 0 Å². The van der Waals surface area contributed by atoms with Gasteiger partial charge in [0.1, 0.15) is 4.90 Å². The molecular weight excluding hydrogens is 428 g/mol. The minimum atomic E-state index is -3.86. The van der Waals surface area contributed by atoms with Gasteiger partial charge >= 0.3 is 0 Å². The highest BCUT2D eigenvalue weighted by atomic mass is 32.2. The zero-order chi connectivity index (χ0) is 22.5. The summed E-state index contributed by atoms with van der Waals surface area (Å²) in [5.74, 6) is 1.20. The fraction of sp³-hybridized carbons (Fsp3) is 0.333. The Hall–Kier alpha value is -2.81. The highest BCUT2D eigenvalue weighted by molar-refractivity contribution is 7.89. The molecule has 3 aromatic rings. The van der Waals surface area contributed by atoms with Gasteiger partial charge in [0.25, 0.3) is 0 Å². The fourth-order valence-corrected chi connectivity index (χ4v) is 6.19. The summed E-state index contributed by atoms with van der Waals surface area (Å²) in [7, 11) is 1.34. The molecule has 32 heavy (non-hydrogen) atoms. The van der Waals surface area contributed by atoms with E-state index in [1.165, 1.54) is 4.31 Å². The van der Waals surface area contributed by atoms with Gasteiger partial charge in [-0.3, -0.25) is 0 Å². The van der Waals surface area contributed by atoms with E-state index in [-0.39, 0.29) is 24.0 Å². The van der Waals surface area contributed by atoms with Gasteiger partial charge in [-0.15, -0.1) is 0 Å². The van der Waals surface area contributed by atoms with Gasteiger partial charge < -0.3 is 19.1 Å². The van der Waals surface area contributed by atoms with Gasteiger partial charge in [-0.05, 0) is 35.4 Å². The molecule has 0 saturated carbocycles. The Bertz CT molecular complexity index is 1300. The number of nitrogens with zero attached hydrogens (tertiary/aromatic N) is 2. The lowest BCUT2D eigenvalue weighted by molar-refractivity contribution is 0.169. The van der Waals surface area contributed by atoms with Crippen LogP contribution in [0.25, 0.3) is 10.8 Å². The fourth-order valence-electron chi connectivity index (χ4n) is 4.65. The zero-order valence-electron chi connectivity index (χ0n) is 18.4. The highest BCUT2D eigenvalue weighted by Gasteiger charge is 2.39. The molecule has 0 amide bonds. The first-order valence-electron chi connectivity index (χ1n) is 10.5. The number of fused-ring (bicyclic) bond motifs is 3. The number of sulfonamides is 1. The molecule has 0 atom stereocenters. The van der Waals surface area contributed by atoms with Crippen molar-refractivity contribution in [2.75, 3.05) is 34.5 Å². The van der Waals surface area contributed by atoms with Crippen LogP contribution in [0.3, 0.4) is 0 Å². The SMILES string of the molecule is COc1c2c(c(S(=O)(=O)N(C)Cc3cccc4ccccc34)c3c1OCO3)CCN(C)C2. The molecule has 0 spiro atoms. The largest absolute Gasteiger partial charge is 0.492 e. The van der Waals surface area contributed by atoms with E-state index < -0.39 is 10.0 Å². The molecule has 2 aliphatic heterocycles. The maximum absolute atomic E-state index is 13.9. The Morgan fingerprint density at radius 1 is 1.06 bits per heavy atom. The first-order chi connectivity index (χ1) is 15.4. The van der Waals surface area contributed by atoms with Crippen LogP contribution in [0.5, 0.6) is 17.2 Å². The molecule has 7 nitrogen and oxygen atoms in total. The first kappa shape index (κ1) is 21.1. The minimum Gasteiger partial charge on any atom is -0.492 e. The summed E-state index contributed by atoms with van der Waals surface area (Å²) in [6, 6.07) is 14.0. The van der Waals surface area contributed by atoms with Crippen molar-refractivity contribution in [1.82, 2.24) is 9.21 Å². The third-order valence-corrected chi connectivity index (χ3v) is 8.15. The summed E-state index contributed by atoms with van der Waals surface area (Å²) in [6.07, 6.45) is 0.593. The van der Waals surface area contributed by atoms with E-state index in [2.05, 4.69) is 4.90 Å². The Morgan fingerprint density at radius 2 is 1.81 bits per heavy atom. The number of rotatable bonds is 5. The maximum atomic E-state index is 13.9. The molecular formula is C24H26N2O5S. The molecule has 2 heterocycles. The van der Waals surface area contributed by atoms with Crippen LogP contribution in [0.2, 0.25) is 0 Å². The van der Waals surface area contributed by atoms with Crippen molar-refractivity contribution < 1.29 is 22.6 Å². The van der Waals surface area contributed by atoms with E-state index in [0.717, 1.165) is 34.0 Å². The van der Waals surface area contributed by atoms with Gasteiger partial charge in [0.15, 0.2) is 11.5 Å². The zero-order valence-corrected chi connectivity index (χ0v) is 19.2. The van der Waals surface area contributed by atoms with Crippen LogP contribution in [0.1, 0.15) is 16.7 Å². The van der Waals surface area contributed by atoms with Crippen LogP contribution in [-0.4, -0.2) is 52.2 Å². The van der Waals surface area contributed by atoms with Crippen LogP contribution in [0.4, 0.5) is 0 Å². The van der Waals surface area contributed by atoms with Crippen LogP contribution < -0.4 is 14.2 Å². The topological polar surface area (TPSA) is 68.3 Å². The molecule has 0 fully saturated rings. The average molecular weight is 455 g/mol. The van der Waals surface area contributed by atoms with Crippen molar-refractivity contribution >= 4 is 20.8 Å². The third kappa shape index (κ3) is 3.30. The van der Waals surface area contributed by atoms with Gasteiger partial charge in [-0.2, -0.15) is 4.31 Å². The molecule has 0 radical (unpaired) electrons. The Morgan fingerprint density at radius 3 is 2.62 bits per heavy atom. The Balaban J connectivity index is 1.62. The second-order valence-corrected chi connectivity index (χ2v) is 10.3. The lowest BCUT2D eigenvalue weighted by Crippen LogP contribution is -2.32. The summed E-state index contributed by atoms with van der Waals surface area (Å²) in [6.45, 7) is 1.57. The van der Waals surface area contributed by atoms with E-state index >= 15 is 0 Å². The number of hydrogen-bond donors (Lipinski definition) is 0. The molecule has 0 aromatic heterocycles. The molecule has 0 N–H and O–H groups in total. The van der Waals surface area contributed by atoms with E-state index in [4.69, 9.17) is 14.2 Å². The smallest absolute Gasteiger partial charge is 0.247 e. The molecule has 8 heteroatoms. The second kappa shape index (κ2) is 7.95. The van der Waals surface area contributed by atoms with Crippen LogP contribution >= 0.6 is 0 Å². The summed E-state index contributed by atoms with van der Waals surface area (Å²) in [4.78, 5) is 2.35. The lowest BCUT2D eigenvalue weighted by Gasteiger charge is -2.30. The van der Waals surface area contributed by atoms with Crippen LogP contribution in [-0.2, 0) is 29.5 Å². The van der Waals surface area contributed by atoms with Gasteiger partial charge in [0.2, 0.25) is 22.6 Å². The second-order valence-electron chi connectivity index (χ2n) is 8.27. The van der Waals surface area contributed by atoms with Gasteiger partial charge in [-0.25, -0.2) is 8.42 Å². The van der Waals surface area contributed by atoms with E-state index in [1.807, 2.05) is 49.5 Å². The quantitative estimate of drug-likeness (QED) is 0.589. The summed E-state index contributed by atoms with van der Waals surface area (Å²) >= 11 is 0. The number of hydrogen-bond acceptors (Lipinski definition) is 6. The van der Waals surface area contributed by atoms with Gasteiger partial charge in [0, 0.05) is 32.2 Å². The number of likely N-dealkylation sites (N-methyl/N-ethyl adjacent to an activating group) is 1. The first-order valence-corrected chi connectivity index (χ1v) is 12.0. The molecule has 168 valence electrons. The lowest BCUT2D eigenvalue weighted by atomic mass is 9.97. The van der Waals surface area contributed by atoms with Crippen molar-refractivity contribution in [3.05, 3.63) is 59.2 Å². The van der Waals surface area contributed by atoms with Crippen molar-refractivity contribution in [2.45, 2.75) is 24.4 Å². The molecule has 0 bridgehead atoms. The normalized spacial score (nSPS) is 15.9. The average Bonchev–Trinajstić information content (AvgIpc) is 3.26. The number of ether oxygens (including phenoxy) is 3. The minimum absolute atomic E-state index is 0.0278. The molecule has 2 aliphatic rings. The predicted octanol–water partition coefficient (Wildman–Crippen LogP) is 3.39. The highest BCUT2D eigenvalue weighted by Crippen LogP contribution is 2.51. The molecule has 0 unspecified atom stereocenters. The third-order valence-electron chi connectivity index (χ3n) is 6.25. The van der Waals surface area contributed by atoms with Gasteiger partial charge in [0.05, 0.1) is 7.11 Å². The van der Waals surface area contributed by atoms with E-state index in [1.54, 1.807) is 14.2 Å². The monoisotopic (exact) mass is 454 g/mol. The maximum Gasteiger partial charge on any atom is 0.247 e. The Labute approximate surface area is 188 Å². The molecule has 5 rings (SSSR count). The number of methoxy groups -OCH3 is 1. The van der Waals surface area contributed by atoms with Crippen LogP contribution in [0.15, 0.2) is 47.4 Å². The molecule has 0 aliphatic carbocycles. The van der Waals surface area contributed by atoms with Gasteiger partial charge in [-0.1, -0.05) is 42.5 Å². The predicted molar refractivity (Wildman–Crippen MR) is 122 cm³/mol. The summed E-state index contributed by atoms with van der Waals surface area (Å²) in [5, 5.41) is 2.12. The summed E-state index contributed by atoms with van der Waals surface area (Å²) in [5.41, 5.74) is 2.56. The van der Waals surface area contributed by atoms with Crippen LogP contribution in [0, 0.1) is 0 Å². The standard InChI is InChI=1S/C24H26N2O5S/c1-25-12-11-19-20(14-25)21(29-3)22-23(31-15-30-22)24(19)32(27,28)26(2)13-17-9-6-8-16-7-4-5-10-18(16)17/h4-10H,11-15H2,1-3H3.